The van der Waals surface area contributed by atoms with Crippen molar-refractivity contribution in [2.24, 2.45) is 4.99 Å². The summed E-state index contributed by atoms with van der Waals surface area (Å²) in [5, 5.41) is 30.0. The molecule has 8 nitrogen and oxygen atoms in total. The van der Waals surface area contributed by atoms with E-state index in [0.29, 0.717) is 18.0 Å². The van der Waals surface area contributed by atoms with Gasteiger partial charge in [0.1, 0.15) is 23.3 Å². The number of nitrogens with zero attached hydrogens (tertiary/aromatic N) is 3. The SMILES string of the molecule is Cc1c2c(cc3c1[NH2+]c1ccc(O)cc1-3)C(c1[nH]ncc1[N+](=O)[O-])=NCC2. The molecule has 5 rings (SSSR count). The molecule has 0 aliphatic carbocycles. The fourth-order valence-corrected chi connectivity index (χ4v) is 4.05. The molecular weight excluding hydrogens is 346 g/mol. The summed E-state index contributed by atoms with van der Waals surface area (Å²) < 4.78 is 0. The van der Waals surface area contributed by atoms with Gasteiger partial charge in [0.15, 0.2) is 5.69 Å². The van der Waals surface area contributed by atoms with Gasteiger partial charge < -0.3 is 5.11 Å². The van der Waals surface area contributed by atoms with Crippen LogP contribution in [-0.2, 0) is 6.42 Å². The van der Waals surface area contributed by atoms with E-state index in [1.54, 1.807) is 12.1 Å². The Kier molecular flexibility index (Phi) is 3.19. The lowest BCUT2D eigenvalue weighted by molar-refractivity contribution is -0.473. The van der Waals surface area contributed by atoms with E-state index in [1.807, 2.05) is 12.1 Å². The van der Waals surface area contributed by atoms with Crippen molar-refractivity contribution < 1.29 is 15.3 Å². The normalized spacial score (nSPS) is 14.3. The summed E-state index contributed by atoms with van der Waals surface area (Å²) in [6, 6.07) is 7.36. The molecule has 0 fully saturated rings. The summed E-state index contributed by atoms with van der Waals surface area (Å²) in [5.74, 6) is 0.212. The predicted octanol–water partition coefficient (Wildman–Crippen LogP) is 2.23. The third kappa shape index (κ3) is 2.20. The zero-order chi connectivity index (χ0) is 18.7. The second-order valence-corrected chi connectivity index (χ2v) is 6.77. The molecule has 0 amide bonds. The first-order valence-corrected chi connectivity index (χ1v) is 8.62. The van der Waals surface area contributed by atoms with E-state index in [4.69, 9.17) is 0 Å². The van der Waals surface area contributed by atoms with E-state index in [1.165, 1.54) is 6.20 Å². The van der Waals surface area contributed by atoms with Gasteiger partial charge in [-0.1, -0.05) is 0 Å². The Morgan fingerprint density at radius 1 is 1.26 bits per heavy atom. The number of rotatable bonds is 2. The van der Waals surface area contributed by atoms with Crippen LogP contribution in [0.15, 0.2) is 35.5 Å². The summed E-state index contributed by atoms with van der Waals surface area (Å²) in [6.45, 7) is 2.65. The molecule has 0 atom stereocenters. The highest BCUT2D eigenvalue weighted by Crippen LogP contribution is 2.42. The van der Waals surface area contributed by atoms with Crippen molar-refractivity contribution in [2.75, 3.05) is 6.54 Å². The highest BCUT2D eigenvalue weighted by atomic mass is 16.6. The molecule has 2 aliphatic heterocycles. The Hall–Kier alpha value is -3.52. The molecule has 0 unspecified atom stereocenters. The molecule has 1 aromatic heterocycles. The molecular formula is C19H16N5O3+. The molecule has 3 aromatic rings. The number of hydrogen-bond donors (Lipinski definition) is 3. The lowest BCUT2D eigenvalue weighted by Crippen LogP contribution is -2.69. The number of aromatic nitrogens is 2. The highest BCUT2D eigenvalue weighted by molar-refractivity contribution is 6.16. The molecule has 3 heterocycles. The zero-order valence-electron chi connectivity index (χ0n) is 14.5. The van der Waals surface area contributed by atoms with E-state index in [2.05, 4.69) is 27.4 Å². The van der Waals surface area contributed by atoms with E-state index in [9.17, 15) is 15.2 Å². The fourth-order valence-electron chi connectivity index (χ4n) is 4.05. The molecule has 2 aromatic carbocycles. The lowest BCUT2D eigenvalue weighted by Gasteiger charge is -2.19. The monoisotopic (exact) mass is 362 g/mol. The third-order valence-corrected chi connectivity index (χ3v) is 5.33. The van der Waals surface area contributed by atoms with E-state index in [-0.39, 0.29) is 11.4 Å². The molecule has 0 spiro atoms. The number of H-pyrrole nitrogens is 1. The highest BCUT2D eigenvalue weighted by Gasteiger charge is 2.32. The number of nitro groups is 1. The molecule has 4 N–H and O–H groups in total. The molecule has 0 bridgehead atoms. The van der Waals surface area contributed by atoms with Crippen LogP contribution in [-0.4, -0.2) is 32.5 Å². The summed E-state index contributed by atoms with van der Waals surface area (Å²) in [7, 11) is 0. The summed E-state index contributed by atoms with van der Waals surface area (Å²) in [6.07, 6.45) is 2.00. The van der Waals surface area contributed by atoms with Gasteiger partial charge in [0.2, 0.25) is 0 Å². The second kappa shape index (κ2) is 5.49. The number of phenols is 1. The van der Waals surface area contributed by atoms with Crippen molar-refractivity contribution in [2.45, 2.75) is 13.3 Å². The number of benzene rings is 2. The molecule has 2 aliphatic rings. The Morgan fingerprint density at radius 3 is 2.93 bits per heavy atom. The van der Waals surface area contributed by atoms with Gasteiger partial charge in [-0.3, -0.25) is 25.5 Å². The number of nitrogens with one attached hydrogen (secondary N) is 1. The third-order valence-electron chi connectivity index (χ3n) is 5.33. The number of aliphatic imine (C=N–C) groups is 1. The minimum absolute atomic E-state index is 0.0793. The van der Waals surface area contributed by atoms with Gasteiger partial charge in [0, 0.05) is 23.7 Å². The average Bonchev–Trinajstić information content (AvgIpc) is 3.27. The summed E-state index contributed by atoms with van der Waals surface area (Å²) >= 11 is 0. The maximum atomic E-state index is 11.4. The standard InChI is InChI=1S/C19H15N5O3/c1-9-11-4-5-20-18(19-16(24(26)27)8-21-23-19)13(11)7-14-12-6-10(25)2-3-15(12)22-17(9)14/h2-3,6-8,22,25H,4-5H2,1H3,(H,21,23)/p+1. The average molecular weight is 362 g/mol. The number of nitrogens with two attached hydrogens (primary N) is 1. The van der Waals surface area contributed by atoms with Crippen LogP contribution in [0.25, 0.3) is 11.1 Å². The molecule has 8 heteroatoms. The molecule has 0 saturated heterocycles. The molecule has 134 valence electrons. The first-order chi connectivity index (χ1) is 13.0. The predicted molar refractivity (Wildman–Crippen MR) is 99.0 cm³/mol. The Morgan fingerprint density at radius 2 is 2.11 bits per heavy atom. The topological polar surface area (TPSA) is 121 Å². The van der Waals surface area contributed by atoms with Gasteiger partial charge in [-0.2, -0.15) is 5.10 Å². The number of aromatic amines is 1. The first-order valence-electron chi connectivity index (χ1n) is 8.62. The van der Waals surface area contributed by atoms with Gasteiger partial charge >= 0.3 is 5.69 Å². The number of aromatic hydroxyl groups is 1. The van der Waals surface area contributed by atoms with Crippen molar-refractivity contribution in [1.29, 1.82) is 0 Å². The maximum Gasteiger partial charge on any atom is 0.316 e. The van der Waals surface area contributed by atoms with Crippen LogP contribution in [0.4, 0.5) is 17.1 Å². The largest absolute Gasteiger partial charge is 0.508 e. The maximum absolute atomic E-state index is 11.4. The summed E-state index contributed by atoms with van der Waals surface area (Å²) in [4.78, 5) is 15.5. The smallest absolute Gasteiger partial charge is 0.316 e. The minimum atomic E-state index is -0.447. The van der Waals surface area contributed by atoms with E-state index < -0.39 is 4.92 Å². The van der Waals surface area contributed by atoms with Crippen molar-refractivity contribution in [3.8, 4) is 16.9 Å². The first kappa shape index (κ1) is 15.7. The van der Waals surface area contributed by atoms with Gasteiger partial charge in [-0.05, 0) is 37.1 Å². The molecule has 0 radical (unpaired) electrons. The van der Waals surface area contributed by atoms with Crippen molar-refractivity contribution in [1.82, 2.24) is 10.2 Å². The van der Waals surface area contributed by atoms with Gasteiger partial charge in [0.05, 0.1) is 21.8 Å². The van der Waals surface area contributed by atoms with Crippen LogP contribution in [0.1, 0.15) is 22.4 Å². The van der Waals surface area contributed by atoms with Crippen LogP contribution >= 0.6 is 0 Å². The lowest BCUT2D eigenvalue weighted by atomic mass is 9.87. The van der Waals surface area contributed by atoms with Gasteiger partial charge in [-0.25, -0.2) is 0 Å². The Balaban J connectivity index is 1.74. The fraction of sp³-hybridized carbons (Fsp3) is 0.158. The zero-order valence-corrected chi connectivity index (χ0v) is 14.5. The van der Waals surface area contributed by atoms with Crippen molar-refractivity contribution >= 4 is 22.8 Å². The quantitative estimate of drug-likeness (QED) is 0.219. The van der Waals surface area contributed by atoms with Crippen LogP contribution in [0.2, 0.25) is 0 Å². The number of quaternary nitrogens is 1. The summed E-state index contributed by atoms with van der Waals surface area (Å²) in [5.41, 5.74) is 8.16. The van der Waals surface area contributed by atoms with Gasteiger partial charge in [-0.15, -0.1) is 0 Å². The molecule has 0 saturated carbocycles. The Labute approximate surface area is 153 Å². The van der Waals surface area contributed by atoms with Crippen LogP contribution in [0.5, 0.6) is 5.75 Å². The van der Waals surface area contributed by atoms with Crippen LogP contribution in [0, 0.1) is 17.0 Å². The van der Waals surface area contributed by atoms with Gasteiger partial charge in [0.25, 0.3) is 0 Å². The van der Waals surface area contributed by atoms with E-state index in [0.717, 1.165) is 45.6 Å². The number of hydrogen-bond acceptors (Lipinski definition) is 5. The van der Waals surface area contributed by atoms with Crippen molar-refractivity contribution in [3.05, 3.63) is 63.0 Å². The van der Waals surface area contributed by atoms with Crippen LogP contribution in [0.3, 0.4) is 0 Å². The second-order valence-electron chi connectivity index (χ2n) is 6.77. The van der Waals surface area contributed by atoms with E-state index >= 15 is 0 Å². The minimum Gasteiger partial charge on any atom is -0.508 e. The van der Waals surface area contributed by atoms with Crippen molar-refractivity contribution in [3.63, 3.8) is 0 Å². The number of phenolic OH excluding ortho intramolecular Hbond substituents is 1. The molecule has 27 heavy (non-hydrogen) atoms. The number of fused-ring (bicyclic) bond motifs is 4. The van der Waals surface area contributed by atoms with Crippen LogP contribution < -0.4 is 5.32 Å². The Bertz CT molecular complexity index is 1160.